The summed E-state index contributed by atoms with van der Waals surface area (Å²) in [5, 5.41) is 3.51. The second-order valence-electron chi connectivity index (χ2n) is 9.14. The SMILES string of the molecule is Cl.NC1CC2CCCC(C1)C2NC(=O)C1CC12CCCc1ccccc12. The highest BCUT2D eigenvalue weighted by Gasteiger charge is 2.60. The van der Waals surface area contributed by atoms with Crippen LogP contribution in [-0.4, -0.2) is 18.0 Å². The largest absolute Gasteiger partial charge is 0.353 e. The third kappa shape index (κ3) is 2.88. The van der Waals surface area contributed by atoms with E-state index in [9.17, 15) is 4.79 Å². The molecule has 3 N–H and O–H groups in total. The van der Waals surface area contributed by atoms with Gasteiger partial charge in [-0.25, -0.2) is 0 Å². The minimum absolute atomic E-state index is 0. The summed E-state index contributed by atoms with van der Waals surface area (Å²) in [6.45, 7) is 0. The van der Waals surface area contributed by atoms with E-state index in [0.717, 1.165) is 19.3 Å². The van der Waals surface area contributed by atoms with Gasteiger partial charge in [0, 0.05) is 23.4 Å². The molecule has 5 rings (SSSR count). The van der Waals surface area contributed by atoms with Crippen LogP contribution in [0.1, 0.15) is 62.5 Å². The lowest BCUT2D eigenvalue weighted by molar-refractivity contribution is -0.125. The van der Waals surface area contributed by atoms with Crippen molar-refractivity contribution in [3.8, 4) is 0 Å². The molecule has 0 radical (unpaired) electrons. The molecule has 0 aromatic heterocycles. The van der Waals surface area contributed by atoms with Gasteiger partial charge < -0.3 is 11.1 Å². The number of nitrogens with one attached hydrogen (secondary N) is 1. The molecule has 1 amide bonds. The second-order valence-corrected chi connectivity index (χ2v) is 9.14. The van der Waals surface area contributed by atoms with Crippen molar-refractivity contribution < 1.29 is 4.79 Å². The molecule has 1 aromatic carbocycles. The zero-order chi connectivity index (χ0) is 17.0. The standard InChI is InChI=1S/C22H30N2O.ClH/c23-17-11-15-6-3-7-16(12-17)20(15)24-21(25)19-13-22(19)10-4-8-14-5-1-2-9-18(14)22;/h1-2,5,9,15-17,19-20H,3-4,6-8,10-13,23H2,(H,24,25);1H. The number of halogens is 1. The predicted molar refractivity (Wildman–Crippen MR) is 106 cm³/mol. The monoisotopic (exact) mass is 374 g/mol. The zero-order valence-electron chi connectivity index (χ0n) is 15.5. The Kier molecular flexibility index (Phi) is 4.81. The number of nitrogens with two attached hydrogens (primary N) is 1. The summed E-state index contributed by atoms with van der Waals surface area (Å²) >= 11 is 0. The molecule has 4 heteroatoms. The van der Waals surface area contributed by atoms with E-state index in [1.165, 1.54) is 49.7 Å². The Balaban J connectivity index is 0.00000168. The number of hydrogen-bond donors (Lipinski definition) is 2. The van der Waals surface area contributed by atoms with Gasteiger partial charge >= 0.3 is 0 Å². The first-order chi connectivity index (χ1) is 12.2. The molecule has 4 aliphatic rings. The molecule has 142 valence electrons. The smallest absolute Gasteiger partial charge is 0.224 e. The molecule has 26 heavy (non-hydrogen) atoms. The van der Waals surface area contributed by atoms with Crippen molar-refractivity contribution in [1.82, 2.24) is 5.32 Å². The van der Waals surface area contributed by atoms with Crippen LogP contribution in [0.3, 0.4) is 0 Å². The van der Waals surface area contributed by atoms with Crippen molar-refractivity contribution in [3.05, 3.63) is 35.4 Å². The van der Waals surface area contributed by atoms with Crippen molar-refractivity contribution >= 4 is 18.3 Å². The Morgan fingerprint density at radius 2 is 1.85 bits per heavy atom. The van der Waals surface area contributed by atoms with Crippen molar-refractivity contribution in [2.45, 2.75) is 75.3 Å². The summed E-state index contributed by atoms with van der Waals surface area (Å²) in [5.74, 6) is 1.75. The first-order valence-corrected chi connectivity index (χ1v) is 10.3. The number of aryl methyl sites for hydroxylation is 1. The minimum atomic E-state index is 0. The molecule has 2 bridgehead atoms. The quantitative estimate of drug-likeness (QED) is 0.828. The van der Waals surface area contributed by atoms with Crippen molar-refractivity contribution in [2.75, 3.05) is 0 Å². The van der Waals surface area contributed by atoms with Crippen LogP contribution in [0.5, 0.6) is 0 Å². The topological polar surface area (TPSA) is 55.1 Å². The van der Waals surface area contributed by atoms with Crippen LogP contribution in [0.4, 0.5) is 0 Å². The number of carbonyl (C=O) groups excluding carboxylic acids is 1. The van der Waals surface area contributed by atoms with E-state index in [0.29, 0.717) is 29.8 Å². The van der Waals surface area contributed by atoms with Crippen LogP contribution in [0.15, 0.2) is 24.3 Å². The average Bonchev–Trinajstić information content (AvgIpc) is 3.31. The van der Waals surface area contributed by atoms with E-state index in [4.69, 9.17) is 5.73 Å². The predicted octanol–water partition coefficient (Wildman–Crippen LogP) is 3.72. The third-order valence-electron chi connectivity index (χ3n) is 7.70. The molecule has 4 atom stereocenters. The summed E-state index contributed by atoms with van der Waals surface area (Å²) < 4.78 is 0. The summed E-state index contributed by atoms with van der Waals surface area (Å²) in [7, 11) is 0. The fourth-order valence-corrected chi connectivity index (χ4v) is 6.47. The molecular weight excluding hydrogens is 344 g/mol. The summed E-state index contributed by atoms with van der Waals surface area (Å²) in [6.07, 6.45) is 10.6. The van der Waals surface area contributed by atoms with Crippen LogP contribution in [-0.2, 0) is 16.6 Å². The highest BCUT2D eigenvalue weighted by atomic mass is 35.5. The number of carbonyl (C=O) groups is 1. The molecule has 4 unspecified atom stereocenters. The van der Waals surface area contributed by atoms with Crippen LogP contribution >= 0.6 is 12.4 Å². The maximum Gasteiger partial charge on any atom is 0.224 e. The van der Waals surface area contributed by atoms with Gasteiger partial charge in [0.15, 0.2) is 0 Å². The molecule has 0 aliphatic heterocycles. The number of benzene rings is 1. The highest BCUT2D eigenvalue weighted by molar-refractivity contribution is 5.85. The average molecular weight is 375 g/mol. The van der Waals surface area contributed by atoms with Gasteiger partial charge in [-0.3, -0.25) is 4.79 Å². The lowest BCUT2D eigenvalue weighted by Gasteiger charge is -2.45. The van der Waals surface area contributed by atoms with E-state index < -0.39 is 0 Å². The summed E-state index contributed by atoms with van der Waals surface area (Å²) in [6, 6.07) is 9.55. The van der Waals surface area contributed by atoms with Crippen LogP contribution in [0.25, 0.3) is 0 Å². The van der Waals surface area contributed by atoms with E-state index in [1.807, 2.05) is 0 Å². The van der Waals surface area contributed by atoms with E-state index in [1.54, 1.807) is 0 Å². The van der Waals surface area contributed by atoms with Gasteiger partial charge in [-0.1, -0.05) is 30.7 Å². The summed E-state index contributed by atoms with van der Waals surface area (Å²) in [4.78, 5) is 13.1. The lowest BCUT2D eigenvalue weighted by Crippen LogP contribution is -2.54. The fourth-order valence-electron chi connectivity index (χ4n) is 6.47. The number of fused-ring (bicyclic) bond motifs is 4. The lowest BCUT2D eigenvalue weighted by atomic mass is 9.67. The number of amides is 1. The van der Waals surface area contributed by atoms with E-state index in [2.05, 4.69) is 29.6 Å². The Labute approximate surface area is 162 Å². The Hall–Kier alpha value is -1.06. The maximum absolute atomic E-state index is 13.1. The van der Waals surface area contributed by atoms with Crippen LogP contribution < -0.4 is 11.1 Å². The molecule has 3 fully saturated rings. The Bertz CT molecular complexity index is 678. The van der Waals surface area contributed by atoms with Gasteiger partial charge in [0.25, 0.3) is 0 Å². The fraction of sp³-hybridized carbons (Fsp3) is 0.682. The van der Waals surface area contributed by atoms with Crippen molar-refractivity contribution in [3.63, 3.8) is 0 Å². The molecule has 0 saturated heterocycles. The third-order valence-corrected chi connectivity index (χ3v) is 7.70. The van der Waals surface area contributed by atoms with Crippen molar-refractivity contribution in [2.24, 2.45) is 23.5 Å². The molecule has 0 heterocycles. The van der Waals surface area contributed by atoms with Gasteiger partial charge in [-0.15, -0.1) is 12.4 Å². The van der Waals surface area contributed by atoms with Gasteiger partial charge in [0.05, 0.1) is 0 Å². The van der Waals surface area contributed by atoms with Crippen LogP contribution in [0, 0.1) is 17.8 Å². The van der Waals surface area contributed by atoms with Gasteiger partial charge in [-0.05, 0) is 74.3 Å². The van der Waals surface area contributed by atoms with Gasteiger partial charge in [0.2, 0.25) is 5.91 Å². The minimum Gasteiger partial charge on any atom is -0.353 e. The molecule has 3 saturated carbocycles. The molecule has 3 nitrogen and oxygen atoms in total. The number of hydrogen-bond acceptors (Lipinski definition) is 2. The second kappa shape index (κ2) is 6.83. The summed E-state index contributed by atoms with van der Waals surface area (Å²) in [5.41, 5.74) is 9.34. The molecule has 1 aromatic rings. The van der Waals surface area contributed by atoms with Crippen molar-refractivity contribution in [1.29, 1.82) is 0 Å². The Morgan fingerprint density at radius 3 is 2.62 bits per heavy atom. The van der Waals surface area contributed by atoms with Gasteiger partial charge in [-0.2, -0.15) is 0 Å². The zero-order valence-corrected chi connectivity index (χ0v) is 16.3. The maximum atomic E-state index is 13.1. The van der Waals surface area contributed by atoms with E-state index >= 15 is 0 Å². The van der Waals surface area contributed by atoms with E-state index in [-0.39, 0.29) is 23.7 Å². The highest BCUT2D eigenvalue weighted by Crippen LogP contribution is 2.60. The Morgan fingerprint density at radius 1 is 1.12 bits per heavy atom. The molecule has 4 aliphatic carbocycles. The normalized spacial score (nSPS) is 40.3. The first-order valence-electron chi connectivity index (χ1n) is 10.3. The van der Waals surface area contributed by atoms with Gasteiger partial charge in [0.1, 0.15) is 0 Å². The van der Waals surface area contributed by atoms with Crippen LogP contribution in [0.2, 0.25) is 0 Å². The molecule has 1 spiro atoms. The molecular formula is C22H31ClN2O. The number of rotatable bonds is 2. The first kappa shape index (κ1) is 18.3.